The zero-order chi connectivity index (χ0) is 16.7. The van der Waals surface area contributed by atoms with Crippen molar-refractivity contribution in [1.29, 1.82) is 0 Å². The number of hydrogen-bond donors (Lipinski definition) is 0. The molecule has 0 aromatic heterocycles. The minimum atomic E-state index is -0.0109. The molecular formula is C18H24N4O. The van der Waals surface area contributed by atoms with Gasteiger partial charge >= 0.3 is 0 Å². The Bertz CT molecular complexity index is 605. The first kappa shape index (κ1) is 17.1. The summed E-state index contributed by atoms with van der Waals surface area (Å²) in [4.78, 5) is 15.1. The minimum absolute atomic E-state index is 0.0109. The largest absolute Gasteiger partial charge is 0.358 e. The van der Waals surface area contributed by atoms with Gasteiger partial charge in [0.15, 0.2) is 5.84 Å². The summed E-state index contributed by atoms with van der Waals surface area (Å²) in [6.45, 7) is 10.3. The zero-order valence-electron chi connectivity index (χ0n) is 13.9. The molecular weight excluding hydrogens is 288 g/mol. The molecule has 1 unspecified atom stereocenters. The van der Waals surface area contributed by atoms with Crippen LogP contribution in [0, 0.1) is 0 Å². The lowest BCUT2D eigenvalue weighted by Crippen LogP contribution is -2.40. The summed E-state index contributed by atoms with van der Waals surface area (Å²) in [5.74, 6) is 0.767. The lowest BCUT2D eigenvalue weighted by molar-refractivity contribution is -0.0300. The standard InChI is InChI=1S/C18H24N4O/c1-5-9-15(12-19-4)14(3)17-18(20-6-2)22(13-21-17)16-10-7-8-11-23-16/h5-6,9,12-13,16H,1-2,7-8,10-11H2,3-4H3/b15-9+,17-14-,19-12?,20-18?. The highest BCUT2D eigenvalue weighted by molar-refractivity contribution is 6.11. The van der Waals surface area contributed by atoms with E-state index in [-0.39, 0.29) is 6.23 Å². The molecule has 23 heavy (non-hydrogen) atoms. The summed E-state index contributed by atoms with van der Waals surface area (Å²) in [5.41, 5.74) is 2.76. The molecule has 0 spiro atoms. The quantitative estimate of drug-likeness (QED) is 0.576. The Balaban J connectivity index is 2.38. The van der Waals surface area contributed by atoms with Crippen LogP contribution in [-0.4, -0.2) is 43.2 Å². The minimum Gasteiger partial charge on any atom is -0.358 e. The molecule has 0 bridgehead atoms. The van der Waals surface area contributed by atoms with Crippen LogP contribution in [0.4, 0.5) is 0 Å². The van der Waals surface area contributed by atoms with Gasteiger partial charge in [0, 0.05) is 26.1 Å². The number of ether oxygens (including phenoxy) is 1. The molecule has 0 amide bonds. The third-order valence-electron chi connectivity index (χ3n) is 3.80. The molecule has 1 fully saturated rings. The van der Waals surface area contributed by atoms with Crippen LogP contribution in [0.3, 0.4) is 0 Å². The first-order valence-corrected chi connectivity index (χ1v) is 7.82. The molecule has 2 aliphatic heterocycles. The fourth-order valence-electron chi connectivity index (χ4n) is 2.65. The van der Waals surface area contributed by atoms with Gasteiger partial charge in [-0.3, -0.25) is 9.89 Å². The van der Waals surface area contributed by atoms with E-state index in [0.717, 1.165) is 48.5 Å². The van der Waals surface area contributed by atoms with Crippen LogP contribution < -0.4 is 0 Å². The molecule has 2 aliphatic rings. The molecule has 122 valence electrons. The van der Waals surface area contributed by atoms with Crippen LogP contribution in [0.15, 0.2) is 63.3 Å². The van der Waals surface area contributed by atoms with Crippen molar-refractivity contribution in [3.05, 3.63) is 48.4 Å². The summed E-state index contributed by atoms with van der Waals surface area (Å²) in [7, 11) is 1.74. The zero-order valence-corrected chi connectivity index (χ0v) is 13.9. The van der Waals surface area contributed by atoms with E-state index in [2.05, 4.69) is 28.1 Å². The highest BCUT2D eigenvalue weighted by atomic mass is 16.5. The smallest absolute Gasteiger partial charge is 0.162 e. The van der Waals surface area contributed by atoms with Crippen molar-refractivity contribution in [1.82, 2.24) is 4.90 Å². The summed E-state index contributed by atoms with van der Waals surface area (Å²) in [6, 6.07) is 0. The van der Waals surface area contributed by atoms with Crippen molar-refractivity contribution in [2.75, 3.05) is 13.7 Å². The third-order valence-corrected chi connectivity index (χ3v) is 3.80. The van der Waals surface area contributed by atoms with Gasteiger partial charge in [0.25, 0.3) is 0 Å². The Hall–Kier alpha value is -2.27. The summed E-state index contributed by atoms with van der Waals surface area (Å²) in [5, 5.41) is 0. The van der Waals surface area contributed by atoms with Crippen molar-refractivity contribution in [2.24, 2.45) is 15.0 Å². The van der Waals surface area contributed by atoms with Gasteiger partial charge < -0.3 is 4.74 Å². The Morgan fingerprint density at radius 3 is 2.87 bits per heavy atom. The molecule has 2 heterocycles. The molecule has 5 heteroatoms. The molecule has 5 nitrogen and oxygen atoms in total. The van der Waals surface area contributed by atoms with Gasteiger partial charge in [-0.1, -0.05) is 25.3 Å². The van der Waals surface area contributed by atoms with Gasteiger partial charge in [0.2, 0.25) is 0 Å². The van der Waals surface area contributed by atoms with Crippen LogP contribution in [0.2, 0.25) is 0 Å². The van der Waals surface area contributed by atoms with Crippen molar-refractivity contribution < 1.29 is 4.74 Å². The van der Waals surface area contributed by atoms with Gasteiger partial charge in [-0.2, -0.15) is 0 Å². The highest BCUT2D eigenvalue weighted by Gasteiger charge is 2.30. The third kappa shape index (κ3) is 3.93. The molecule has 0 radical (unpaired) electrons. The number of hydrogen-bond acceptors (Lipinski definition) is 4. The van der Waals surface area contributed by atoms with Gasteiger partial charge in [0.05, 0.1) is 6.34 Å². The fourth-order valence-corrected chi connectivity index (χ4v) is 2.65. The fraction of sp³-hybridized carbons (Fsp3) is 0.389. The average molecular weight is 312 g/mol. The Labute approximate surface area is 138 Å². The van der Waals surface area contributed by atoms with E-state index in [1.807, 2.05) is 17.9 Å². The molecule has 1 saturated heterocycles. The van der Waals surface area contributed by atoms with Crippen LogP contribution in [0.5, 0.6) is 0 Å². The second kappa shape index (κ2) is 8.39. The Kier molecular flexibility index (Phi) is 6.23. The SMILES string of the molecule is C=C/C=C(C=NC)/C(C)=C1\N=CN(C2CCCCO2)C1=NC=C. The van der Waals surface area contributed by atoms with E-state index in [1.165, 1.54) is 6.20 Å². The van der Waals surface area contributed by atoms with Gasteiger partial charge in [-0.25, -0.2) is 9.98 Å². The van der Waals surface area contributed by atoms with Crippen LogP contribution >= 0.6 is 0 Å². The second-order valence-electron chi connectivity index (χ2n) is 5.33. The van der Waals surface area contributed by atoms with Crippen molar-refractivity contribution in [3.63, 3.8) is 0 Å². The second-order valence-corrected chi connectivity index (χ2v) is 5.33. The number of amidine groups is 1. The number of allylic oxidation sites excluding steroid dienone is 4. The predicted octanol–water partition coefficient (Wildman–Crippen LogP) is 3.49. The molecule has 2 rings (SSSR count). The maximum Gasteiger partial charge on any atom is 0.162 e. The van der Waals surface area contributed by atoms with Crippen molar-refractivity contribution >= 4 is 18.4 Å². The lowest BCUT2D eigenvalue weighted by Gasteiger charge is -2.30. The van der Waals surface area contributed by atoms with Gasteiger partial charge in [0.1, 0.15) is 11.9 Å². The number of aliphatic imine (C=N–C) groups is 3. The van der Waals surface area contributed by atoms with E-state index < -0.39 is 0 Å². The summed E-state index contributed by atoms with van der Waals surface area (Å²) >= 11 is 0. The van der Waals surface area contributed by atoms with Crippen LogP contribution in [-0.2, 0) is 4.74 Å². The van der Waals surface area contributed by atoms with Crippen molar-refractivity contribution in [2.45, 2.75) is 32.4 Å². The Morgan fingerprint density at radius 1 is 1.43 bits per heavy atom. The van der Waals surface area contributed by atoms with Crippen molar-refractivity contribution in [3.8, 4) is 0 Å². The maximum absolute atomic E-state index is 5.86. The topological polar surface area (TPSA) is 49.5 Å². The van der Waals surface area contributed by atoms with Crippen LogP contribution in [0.1, 0.15) is 26.2 Å². The first-order chi connectivity index (χ1) is 11.2. The Morgan fingerprint density at radius 2 is 2.26 bits per heavy atom. The first-order valence-electron chi connectivity index (χ1n) is 7.82. The maximum atomic E-state index is 5.86. The molecule has 0 aromatic rings. The van der Waals surface area contributed by atoms with E-state index in [1.54, 1.807) is 25.7 Å². The van der Waals surface area contributed by atoms with E-state index in [4.69, 9.17) is 4.74 Å². The highest BCUT2D eigenvalue weighted by Crippen LogP contribution is 2.26. The normalized spacial score (nSPS) is 26.2. The molecule has 0 aliphatic carbocycles. The predicted molar refractivity (Wildman–Crippen MR) is 97.0 cm³/mol. The number of nitrogens with zero attached hydrogens (tertiary/aromatic N) is 4. The monoisotopic (exact) mass is 312 g/mol. The van der Waals surface area contributed by atoms with Gasteiger partial charge in [-0.05, 0) is 37.3 Å². The number of rotatable bonds is 5. The lowest BCUT2D eigenvalue weighted by atomic mass is 10.1. The molecule has 0 saturated carbocycles. The van der Waals surface area contributed by atoms with E-state index in [9.17, 15) is 0 Å². The van der Waals surface area contributed by atoms with Crippen LogP contribution in [0.25, 0.3) is 0 Å². The molecule has 0 N–H and O–H groups in total. The summed E-state index contributed by atoms with van der Waals surface area (Å²) in [6.07, 6.45) is 12.0. The van der Waals surface area contributed by atoms with E-state index >= 15 is 0 Å². The summed E-state index contributed by atoms with van der Waals surface area (Å²) < 4.78 is 5.86. The average Bonchev–Trinajstić information content (AvgIpc) is 2.99. The van der Waals surface area contributed by atoms with E-state index in [0.29, 0.717) is 0 Å². The molecule has 0 aromatic carbocycles. The van der Waals surface area contributed by atoms with Gasteiger partial charge in [-0.15, -0.1) is 0 Å². The molecule has 1 atom stereocenters.